The number of carboxylic acid groups (broad SMARTS) is 1. The number of urea groups is 1. The zero-order chi connectivity index (χ0) is 13.1. The molecule has 2 aliphatic heterocycles. The number of hydrogen-bond acceptors (Lipinski definition) is 4. The Balaban J connectivity index is 1.79. The van der Waals surface area contributed by atoms with Crippen LogP contribution >= 0.6 is 0 Å². The first-order valence-electron chi connectivity index (χ1n) is 6.16. The number of carbonyl (C=O) groups excluding carboxylic acids is 1. The third-order valence-electron chi connectivity index (χ3n) is 3.44. The van der Waals surface area contributed by atoms with Crippen LogP contribution in [0.25, 0.3) is 0 Å². The Morgan fingerprint density at radius 3 is 2.67 bits per heavy atom. The van der Waals surface area contributed by atoms with E-state index in [1.165, 1.54) is 0 Å². The lowest BCUT2D eigenvalue weighted by atomic mass is 9.96. The molecule has 2 heterocycles. The molecule has 0 aromatic carbocycles. The number of aliphatic hydroxyl groups is 1. The first-order valence-corrected chi connectivity index (χ1v) is 6.16. The predicted molar refractivity (Wildman–Crippen MR) is 61.1 cm³/mol. The van der Waals surface area contributed by atoms with Crippen molar-refractivity contribution < 1.29 is 24.5 Å². The van der Waals surface area contributed by atoms with E-state index < -0.39 is 18.0 Å². The van der Waals surface area contributed by atoms with Gasteiger partial charge in [-0.2, -0.15) is 0 Å². The van der Waals surface area contributed by atoms with Crippen LogP contribution in [0.2, 0.25) is 0 Å². The molecule has 7 heteroatoms. The van der Waals surface area contributed by atoms with Gasteiger partial charge in [0.05, 0.1) is 18.2 Å². The van der Waals surface area contributed by atoms with Crippen molar-refractivity contribution in [2.45, 2.75) is 50.0 Å². The summed E-state index contributed by atoms with van der Waals surface area (Å²) in [7, 11) is 0. The maximum Gasteiger partial charge on any atom is 0.326 e. The van der Waals surface area contributed by atoms with Crippen LogP contribution in [0.4, 0.5) is 4.79 Å². The van der Waals surface area contributed by atoms with E-state index in [1.807, 2.05) is 0 Å². The molecular weight excluding hydrogens is 240 g/mol. The number of carboxylic acids is 1. The standard InChI is InChI=1S/C11H18N2O5/c14-4-3-7(10(15)16)12-11(17)13-8-5-6-1-2-9(8)18-6/h6-9,14H,1-5H2,(H,15,16)(H2,12,13,17)/t6?,7-,8?,9?/m1/s1. The highest BCUT2D eigenvalue weighted by atomic mass is 16.5. The van der Waals surface area contributed by atoms with Gasteiger partial charge in [0.1, 0.15) is 6.04 Å². The van der Waals surface area contributed by atoms with Gasteiger partial charge in [-0.05, 0) is 19.3 Å². The highest BCUT2D eigenvalue weighted by Gasteiger charge is 2.41. The molecule has 18 heavy (non-hydrogen) atoms. The van der Waals surface area contributed by atoms with Gasteiger partial charge in [-0.15, -0.1) is 0 Å². The van der Waals surface area contributed by atoms with Crippen molar-refractivity contribution in [2.75, 3.05) is 6.61 Å². The smallest absolute Gasteiger partial charge is 0.326 e. The largest absolute Gasteiger partial charge is 0.480 e. The molecular formula is C11H18N2O5. The Kier molecular flexibility index (Phi) is 4.03. The molecule has 4 N–H and O–H groups in total. The molecule has 0 saturated carbocycles. The van der Waals surface area contributed by atoms with Crippen LogP contribution in [0.3, 0.4) is 0 Å². The van der Waals surface area contributed by atoms with Gasteiger partial charge in [-0.1, -0.05) is 0 Å². The predicted octanol–water partition coefficient (Wildman–Crippen LogP) is -0.559. The van der Waals surface area contributed by atoms with Crippen LogP contribution in [0, 0.1) is 0 Å². The summed E-state index contributed by atoms with van der Waals surface area (Å²) in [5.41, 5.74) is 0. The molecule has 0 aromatic heterocycles. The second-order valence-corrected chi connectivity index (χ2v) is 4.74. The number of hydrogen-bond donors (Lipinski definition) is 4. The highest BCUT2D eigenvalue weighted by molar-refractivity contribution is 5.82. The van der Waals surface area contributed by atoms with Crippen LogP contribution in [-0.4, -0.2) is 53.1 Å². The Bertz CT molecular complexity index is 335. The lowest BCUT2D eigenvalue weighted by molar-refractivity contribution is -0.139. The monoisotopic (exact) mass is 258 g/mol. The fraction of sp³-hybridized carbons (Fsp3) is 0.818. The molecule has 0 aliphatic carbocycles. The number of rotatable bonds is 5. The zero-order valence-corrected chi connectivity index (χ0v) is 9.96. The second kappa shape index (κ2) is 5.53. The van der Waals surface area contributed by atoms with Crippen LogP contribution in [-0.2, 0) is 9.53 Å². The molecule has 2 saturated heterocycles. The van der Waals surface area contributed by atoms with Gasteiger partial charge < -0.3 is 25.6 Å². The number of amides is 2. The normalized spacial score (nSPS) is 31.1. The van der Waals surface area contributed by atoms with E-state index in [1.54, 1.807) is 0 Å². The summed E-state index contributed by atoms with van der Waals surface area (Å²) >= 11 is 0. The molecule has 2 amide bonds. The van der Waals surface area contributed by atoms with Gasteiger partial charge in [-0.25, -0.2) is 9.59 Å². The number of aliphatic carboxylic acids is 1. The second-order valence-electron chi connectivity index (χ2n) is 4.74. The van der Waals surface area contributed by atoms with Gasteiger partial charge >= 0.3 is 12.0 Å². The highest BCUT2D eigenvalue weighted by Crippen LogP contribution is 2.34. The lowest BCUT2D eigenvalue weighted by Gasteiger charge is -2.21. The van der Waals surface area contributed by atoms with E-state index in [0.717, 1.165) is 19.3 Å². The summed E-state index contributed by atoms with van der Waals surface area (Å²) in [6, 6.07) is -1.61. The minimum absolute atomic E-state index is 0.00399. The molecule has 2 aliphatic rings. The number of ether oxygens (including phenoxy) is 1. The summed E-state index contributed by atoms with van der Waals surface area (Å²) in [6.45, 7) is -0.283. The van der Waals surface area contributed by atoms with E-state index in [-0.39, 0.29) is 31.3 Å². The minimum Gasteiger partial charge on any atom is -0.480 e. The van der Waals surface area contributed by atoms with Gasteiger partial charge in [-0.3, -0.25) is 0 Å². The van der Waals surface area contributed by atoms with Crippen molar-refractivity contribution in [3.8, 4) is 0 Å². The summed E-state index contributed by atoms with van der Waals surface area (Å²) in [5.74, 6) is -1.15. The van der Waals surface area contributed by atoms with Crippen molar-refractivity contribution in [1.82, 2.24) is 10.6 Å². The van der Waals surface area contributed by atoms with Gasteiger partial charge in [0.25, 0.3) is 0 Å². The summed E-state index contributed by atoms with van der Waals surface area (Å²) in [4.78, 5) is 22.5. The Hall–Kier alpha value is -1.34. The van der Waals surface area contributed by atoms with Crippen LogP contribution in [0.1, 0.15) is 25.7 Å². The fourth-order valence-corrected chi connectivity index (χ4v) is 2.54. The molecule has 7 nitrogen and oxygen atoms in total. The van der Waals surface area contributed by atoms with Crippen LogP contribution in [0.5, 0.6) is 0 Å². The molecule has 102 valence electrons. The molecule has 2 bridgehead atoms. The molecule has 0 radical (unpaired) electrons. The van der Waals surface area contributed by atoms with E-state index in [0.29, 0.717) is 0 Å². The molecule has 2 rings (SSSR count). The van der Waals surface area contributed by atoms with Gasteiger partial charge in [0.2, 0.25) is 0 Å². The first-order chi connectivity index (χ1) is 8.60. The van der Waals surface area contributed by atoms with E-state index >= 15 is 0 Å². The average molecular weight is 258 g/mol. The van der Waals surface area contributed by atoms with Crippen molar-refractivity contribution in [3.05, 3.63) is 0 Å². The summed E-state index contributed by atoms with van der Waals surface area (Å²) < 4.78 is 5.59. The molecule has 4 atom stereocenters. The van der Waals surface area contributed by atoms with Crippen molar-refractivity contribution in [3.63, 3.8) is 0 Å². The molecule has 3 unspecified atom stereocenters. The zero-order valence-electron chi connectivity index (χ0n) is 9.96. The lowest BCUT2D eigenvalue weighted by Crippen LogP contribution is -2.51. The number of fused-ring (bicyclic) bond motifs is 2. The van der Waals surface area contributed by atoms with Crippen LogP contribution in [0.15, 0.2) is 0 Å². The Labute approximate surface area is 105 Å². The average Bonchev–Trinajstić information content (AvgIpc) is 2.90. The summed E-state index contributed by atoms with van der Waals surface area (Å²) in [6.07, 6.45) is 3.04. The van der Waals surface area contributed by atoms with E-state index in [9.17, 15) is 9.59 Å². The van der Waals surface area contributed by atoms with Crippen LogP contribution < -0.4 is 10.6 Å². The third-order valence-corrected chi connectivity index (χ3v) is 3.44. The Morgan fingerprint density at radius 1 is 1.39 bits per heavy atom. The first kappa shape index (κ1) is 13.1. The molecule has 0 aromatic rings. The van der Waals surface area contributed by atoms with Gasteiger partial charge in [0, 0.05) is 13.0 Å². The minimum atomic E-state index is -1.15. The maximum absolute atomic E-state index is 11.6. The summed E-state index contributed by atoms with van der Waals surface area (Å²) in [5, 5.41) is 22.6. The van der Waals surface area contributed by atoms with Crippen molar-refractivity contribution >= 4 is 12.0 Å². The topological polar surface area (TPSA) is 108 Å². The SMILES string of the molecule is O=C(NC1CC2CCC1O2)N[C@H](CCO)C(=O)O. The van der Waals surface area contributed by atoms with Gasteiger partial charge in [0.15, 0.2) is 0 Å². The third kappa shape index (κ3) is 2.91. The quantitative estimate of drug-likeness (QED) is 0.529. The fourth-order valence-electron chi connectivity index (χ4n) is 2.54. The van der Waals surface area contributed by atoms with Crippen molar-refractivity contribution in [2.24, 2.45) is 0 Å². The Morgan fingerprint density at radius 2 is 2.17 bits per heavy atom. The maximum atomic E-state index is 11.6. The number of aliphatic hydroxyl groups excluding tert-OH is 1. The van der Waals surface area contributed by atoms with Crippen molar-refractivity contribution in [1.29, 1.82) is 0 Å². The molecule has 2 fully saturated rings. The van der Waals surface area contributed by atoms with E-state index in [4.69, 9.17) is 14.9 Å². The molecule has 0 spiro atoms. The van der Waals surface area contributed by atoms with E-state index in [2.05, 4.69) is 10.6 Å². The number of nitrogens with one attached hydrogen (secondary N) is 2. The number of carbonyl (C=O) groups is 2.